The Balaban J connectivity index is 1.91. The first-order chi connectivity index (χ1) is 10.1. The van der Waals surface area contributed by atoms with Crippen molar-refractivity contribution < 1.29 is 0 Å². The maximum absolute atomic E-state index is 6.24. The first kappa shape index (κ1) is 13.9. The first-order valence-electron chi connectivity index (χ1n) is 6.86. The molecule has 0 radical (unpaired) electrons. The number of pyridine rings is 1. The summed E-state index contributed by atoms with van der Waals surface area (Å²) in [4.78, 5) is 4.48. The van der Waals surface area contributed by atoms with E-state index in [0.717, 1.165) is 33.0 Å². The Bertz CT molecular complexity index is 794. The van der Waals surface area contributed by atoms with Gasteiger partial charge in [-0.15, -0.1) is 0 Å². The molecule has 4 nitrogen and oxygen atoms in total. The van der Waals surface area contributed by atoms with Crippen LogP contribution in [0.1, 0.15) is 24.2 Å². The van der Waals surface area contributed by atoms with E-state index in [0.29, 0.717) is 0 Å². The number of rotatable bonds is 3. The molecule has 0 aliphatic heterocycles. The highest BCUT2D eigenvalue weighted by molar-refractivity contribution is 6.31. The topological polar surface area (TPSA) is 42.7 Å². The van der Waals surface area contributed by atoms with Crippen molar-refractivity contribution in [3.63, 3.8) is 0 Å². The van der Waals surface area contributed by atoms with Gasteiger partial charge in [0.05, 0.1) is 23.6 Å². The molecule has 0 spiro atoms. The van der Waals surface area contributed by atoms with E-state index in [1.165, 1.54) is 0 Å². The molecule has 1 atom stereocenters. The molecule has 5 heteroatoms. The van der Waals surface area contributed by atoms with E-state index in [2.05, 4.69) is 28.4 Å². The Hall–Kier alpha value is -2.07. The van der Waals surface area contributed by atoms with Crippen LogP contribution in [0.4, 0.5) is 5.69 Å². The molecule has 0 aliphatic rings. The minimum absolute atomic E-state index is 0.106. The molecule has 0 fully saturated rings. The highest BCUT2D eigenvalue weighted by Crippen LogP contribution is 2.27. The molecule has 0 saturated carbocycles. The molecule has 2 heterocycles. The second-order valence-corrected chi connectivity index (χ2v) is 5.60. The van der Waals surface area contributed by atoms with Gasteiger partial charge in [0.15, 0.2) is 5.65 Å². The number of nitrogens with zero attached hydrogens (tertiary/aromatic N) is 3. The van der Waals surface area contributed by atoms with Gasteiger partial charge in [-0.2, -0.15) is 5.10 Å². The lowest BCUT2D eigenvalue weighted by atomic mass is 10.1. The molecule has 1 N–H and O–H groups in total. The molecule has 108 valence electrons. The van der Waals surface area contributed by atoms with Crippen molar-refractivity contribution in [2.45, 2.75) is 19.9 Å². The van der Waals surface area contributed by atoms with E-state index in [4.69, 9.17) is 11.6 Å². The second kappa shape index (κ2) is 5.37. The van der Waals surface area contributed by atoms with Crippen molar-refractivity contribution in [3.05, 3.63) is 52.8 Å². The van der Waals surface area contributed by atoms with Gasteiger partial charge in [0.1, 0.15) is 0 Å². The Kier molecular flexibility index (Phi) is 3.55. The van der Waals surface area contributed by atoms with Crippen LogP contribution in [0.25, 0.3) is 11.0 Å². The van der Waals surface area contributed by atoms with Crippen LogP contribution in [-0.2, 0) is 7.05 Å². The Morgan fingerprint density at radius 1 is 1.29 bits per heavy atom. The quantitative estimate of drug-likeness (QED) is 0.792. The summed E-state index contributed by atoms with van der Waals surface area (Å²) in [6, 6.07) is 10.0. The third-order valence-electron chi connectivity index (χ3n) is 3.62. The van der Waals surface area contributed by atoms with Crippen LogP contribution in [0.3, 0.4) is 0 Å². The largest absolute Gasteiger partial charge is 0.377 e. The summed E-state index contributed by atoms with van der Waals surface area (Å²) < 4.78 is 1.80. The Morgan fingerprint density at radius 2 is 2.05 bits per heavy atom. The number of halogens is 1. The molecule has 1 unspecified atom stereocenters. The number of hydrogen-bond acceptors (Lipinski definition) is 3. The van der Waals surface area contributed by atoms with E-state index < -0.39 is 0 Å². The number of benzene rings is 1. The van der Waals surface area contributed by atoms with Crippen LogP contribution in [0.2, 0.25) is 5.02 Å². The van der Waals surface area contributed by atoms with Gasteiger partial charge in [-0.05, 0) is 31.5 Å². The molecule has 0 amide bonds. The van der Waals surface area contributed by atoms with Crippen LogP contribution < -0.4 is 5.32 Å². The Labute approximate surface area is 128 Å². The summed E-state index contributed by atoms with van der Waals surface area (Å²) in [5.41, 5.74) is 3.91. The molecule has 1 aromatic carbocycles. The number of nitrogens with one attached hydrogen (secondary N) is 1. The van der Waals surface area contributed by atoms with Crippen molar-refractivity contribution in [1.82, 2.24) is 14.8 Å². The number of aryl methyl sites for hydroxylation is 2. The summed E-state index contributed by atoms with van der Waals surface area (Å²) >= 11 is 6.24. The minimum atomic E-state index is 0.106. The van der Waals surface area contributed by atoms with Gasteiger partial charge in [-0.3, -0.25) is 4.68 Å². The fourth-order valence-electron chi connectivity index (χ4n) is 2.54. The zero-order valence-electron chi connectivity index (χ0n) is 12.3. The average Bonchev–Trinajstić information content (AvgIpc) is 2.74. The second-order valence-electron chi connectivity index (χ2n) is 5.19. The third kappa shape index (κ3) is 2.59. The van der Waals surface area contributed by atoms with E-state index in [-0.39, 0.29) is 6.04 Å². The zero-order valence-corrected chi connectivity index (χ0v) is 13.0. The predicted octanol–water partition coefficient (Wildman–Crippen LogP) is 4.10. The van der Waals surface area contributed by atoms with Crippen molar-refractivity contribution in [3.8, 4) is 0 Å². The minimum Gasteiger partial charge on any atom is -0.377 e. The van der Waals surface area contributed by atoms with Crippen LogP contribution in [0.15, 0.2) is 36.5 Å². The van der Waals surface area contributed by atoms with E-state index in [1.807, 2.05) is 44.4 Å². The van der Waals surface area contributed by atoms with Crippen molar-refractivity contribution in [1.29, 1.82) is 0 Å². The summed E-state index contributed by atoms with van der Waals surface area (Å²) in [6.45, 7) is 4.08. The van der Waals surface area contributed by atoms with Crippen molar-refractivity contribution >= 4 is 28.3 Å². The monoisotopic (exact) mass is 300 g/mol. The SMILES string of the molecule is Cc1nn(C)c2ncc(NC(C)c3ccccc3Cl)cc12. The molecular weight excluding hydrogens is 284 g/mol. The van der Waals surface area contributed by atoms with Crippen LogP contribution in [0, 0.1) is 6.92 Å². The third-order valence-corrected chi connectivity index (χ3v) is 3.96. The van der Waals surface area contributed by atoms with Gasteiger partial charge in [-0.1, -0.05) is 29.8 Å². The van der Waals surface area contributed by atoms with Gasteiger partial charge in [0.25, 0.3) is 0 Å². The Morgan fingerprint density at radius 3 is 2.81 bits per heavy atom. The van der Waals surface area contributed by atoms with Crippen molar-refractivity contribution in [2.75, 3.05) is 5.32 Å². The number of fused-ring (bicyclic) bond motifs is 1. The average molecular weight is 301 g/mol. The smallest absolute Gasteiger partial charge is 0.157 e. The molecule has 0 aliphatic carbocycles. The van der Waals surface area contributed by atoms with Crippen LogP contribution >= 0.6 is 11.6 Å². The summed E-state index contributed by atoms with van der Waals surface area (Å²) in [5, 5.41) is 9.66. The zero-order chi connectivity index (χ0) is 15.0. The van der Waals surface area contributed by atoms with Gasteiger partial charge in [-0.25, -0.2) is 4.98 Å². The van der Waals surface area contributed by atoms with Crippen LogP contribution in [0.5, 0.6) is 0 Å². The molecule has 3 rings (SSSR count). The van der Waals surface area contributed by atoms with Crippen LogP contribution in [-0.4, -0.2) is 14.8 Å². The standard InChI is InChI=1S/C16H17ClN4/c1-10(13-6-4-5-7-15(13)17)19-12-8-14-11(2)20-21(3)16(14)18-9-12/h4-10,19H,1-3H3. The van der Waals surface area contributed by atoms with Gasteiger partial charge in [0, 0.05) is 17.5 Å². The maximum atomic E-state index is 6.24. The highest BCUT2D eigenvalue weighted by Gasteiger charge is 2.11. The summed E-state index contributed by atoms with van der Waals surface area (Å²) in [6.07, 6.45) is 1.83. The van der Waals surface area contributed by atoms with Gasteiger partial charge < -0.3 is 5.32 Å². The number of anilines is 1. The molecular formula is C16H17ClN4. The lowest BCUT2D eigenvalue weighted by molar-refractivity contribution is 0.773. The normalized spacial score (nSPS) is 12.6. The van der Waals surface area contributed by atoms with Gasteiger partial charge in [0.2, 0.25) is 0 Å². The van der Waals surface area contributed by atoms with Gasteiger partial charge >= 0.3 is 0 Å². The number of aromatic nitrogens is 3. The first-order valence-corrected chi connectivity index (χ1v) is 7.24. The van der Waals surface area contributed by atoms with Crippen molar-refractivity contribution in [2.24, 2.45) is 7.05 Å². The lowest BCUT2D eigenvalue weighted by Crippen LogP contribution is -2.07. The van der Waals surface area contributed by atoms with E-state index >= 15 is 0 Å². The van der Waals surface area contributed by atoms with E-state index in [9.17, 15) is 0 Å². The molecule has 3 aromatic rings. The molecule has 21 heavy (non-hydrogen) atoms. The molecule has 2 aromatic heterocycles. The summed E-state index contributed by atoms with van der Waals surface area (Å²) in [7, 11) is 1.90. The van der Waals surface area contributed by atoms with E-state index in [1.54, 1.807) is 4.68 Å². The fraction of sp³-hybridized carbons (Fsp3) is 0.250. The highest BCUT2D eigenvalue weighted by atomic mass is 35.5. The molecule has 0 saturated heterocycles. The lowest BCUT2D eigenvalue weighted by Gasteiger charge is -2.16. The maximum Gasteiger partial charge on any atom is 0.157 e. The fourth-order valence-corrected chi connectivity index (χ4v) is 2.84. The summed E-state index contributed by atoms with van der Waals surface area (Å²) in [5.74, 6) is 0. The molecule has 0 bridgehead atoms. The predicted molar refractivity (Wildman–Crippen MR) is 86.7 cm³/mol. The number of hydrogen-bond donors (Lipinski definition) is 1.